The molecule has 2 N–H and O–H groups in total. The Morgan fingerprint density at radius 2 is 1.76 bits per heavy atom. The zero-order valence-electron chi connectivity index (χ0n) is 8.80. The molecule has 17 heavy (non-hydrogen) atoms. The second-order valence-electron chi connectivity index (χ2n) is 4.13. The standard InChI is InChI=1S/C11H11F4N.ClH/c12-9-4-7(10(16)6-1-2-6)3-8(5-9)11(13,14)15;/h3-6,10H,1-2,16H2;1H/t10-;/m0./s1. The third-order valence-electron chi connectivity index (χ3n) is 2.76. The van der Waals surface area contributed by atoms with Crippen LogP contribution in [-0.2, 0) is 6.18 Å². The fraction of sp³-hybridized carbons (Fsp3) is 0.455. The van der Waals surface area contributed by atoms with Gasteiger partial charge in [0.2, 0.25) is 0 Å². The molecule has 1 aliphatic rings. The highest BCUT2D eigenvalue weighted by Gasteiger charge is 2.34. The molecule has 0 heterocycles. The number of halogens is 5. The van der Waals surface area contributed by atoms with Gasteiger partial charge in [-0.1, -0.05) is 0 Å². The molecule has 6 heteroatoms. The summed E-state index contributed by atoms with van der Waals surface area (Å²) >= 11 is 0. The van der Waals surface area contributed by atoms with Gasteiger partial charge >= 0.3 is 6.18 Å². The van der Waals surface area contributed by atoms with E-state index in [1.807, 2.05) is 0 Å². The Hall–Kier alpha value is -0.810. The van der Waals surface area contributed by atoms with Gasteiger partial charge in [-0.25, -0.2) is 4.39 Å². The van der Waals surface area contributed by atoms with E-state index in [1.165, 1.54) is 0 Å². The van der Waals surface area contributed by atoms with Crippen LogP contribution in [-0.4, -0.2) is 0 Å². The number of rotatable bonds is 2. The highest BCUT2D eigenvalue weighted by molar-refractivity contribution is 5.85. The van der Waals surface area contributed by atoms with Crippen LogP contribution < -0.4 is 5.73 Å². The lowest BCUT2D eigenvalue weighted by atomic mass is 10.0. The minimum Gasteiger partial charge on any atom is -0.324 e. The van der Waals surface area contributed by atoms with Crippen molar-refractivity contribution in [3.63, 3.8) is 0 Å². The summed E-state index contributed by atoms with van der Waals surface area (Å²) in [5.41, 5.74) is 5.01. The SMILES string of the molecule is Cl.N[C@H](c1cc(F)cc(C(F)(F)F)c1)C1CC1. The Labute approximate surface area is 102 Å². The lowest BCUT2D eigenvalue weighted by Crippen LogP contribution is -2.15. The molecule has 0 spiro atoms. The molecule has 1 nitrogen and oxygen atoms in total. The van der Waals surface area contributed by atoms with Gasteiger partial charge in [0.1, 0.15) is 5.82 Å². The zero-order chi connectivity index (χ0) is 11.9. The Bertz CT molecular complexity index is 401. The minimum absolute atomic E-state index is 0. The van der Waals surface area contributed by atoms with E-state index >= 15 is 0 Å². The van der Waals surface area contributed by atoms with Crippen molar-refractivity contribution in [3.05, 3.63) is 35.1 Å². The average molecular weight is 270 g/mol. The van der Waals surface area contributed by atoms with Crippen molar-refractivity contribution in [3.8, 4) is 0 Å². The maximum absolute atomic E-state index is 13.0. The predicted octanol–water partition coefficient (Wildman–Crippen LogP) is 3.68. The van der Waals surface area contributed by atoms with E-state index in [0.29, 0.717) is 6.07 Å². The minimum atomic E-state index is -4.53. The van der Waals surface area contributed by atoms with Gasteiger partial charge in [-0.05, 0) is 42.5 Å². The van der Waals surface area contributed by atoms with Crippen molar-refractivity contribution in [2.45, 2.75) is 25.1 Å². The van der Waals surface area contributed by atoms with Crippen LogP contribution in [0.3, 0.4) is 0 Å². The van der Waals surface area contributed by atoms with E-state index < -0.39 is 23.6 Å². The topological polar surface area (TPSA) is 26.0 Å². The normalized spacial score (nSPS) is 17.5. The smallest absolute Gasteiger partial charge is 0.324 e. The van der Waals surface area contributed by atoms with Crippen LogP contribution in [0.4, 0.5) is 17.6 Å². The number of benzene rings is 1. The van der Waals surface area contributed by atoms with Crippen molar-refractivity contribution in [2.24, 2.45) is 11.7 Å². The molecule has 0 aromatic heterocycles. The summed E-state index contributed by atoms with van der Waals surface area (Å²) in [6, 6.07) is 2.02. The molecule has 1 aromatic carbocycles. The number of nitrogens with two attached hydrogens (primary N) is 1. The van der Waals surface area contributed by atoms with Crippen LogP contribution in [0.25, 0.3) is 0 Å². The van der Waals surface area contributed by atoms with Gasteiger partial charge < -0.3 is 5.73 Å². The molecule has 2 rings (SSSR count). The molecule has 1 fully saturated rings. The van der Waals surface area contributed by atoms with Crippen LogP contribution in [0, 0.1) is 11.7 Å². The van der Waals surface area contributed by atoms with Crippen molar-refractivity contribution >= 4 is 12.4 Å². The maximum atomic E-state index is 13.0. The molecular formula is C11H12ClF4N. The van der Waals surface area contributed by atoms with Crippen LogP contribution in [0.5, 0.6) is 0 Å². The first-order valence-electron chi connectivity index (χ1n) is 5.01. The summed E-state index contributed by atoms with van der Waals surface area (Å²) in [5, 5.41) is 0. The number of hydrogen-bond donors (Lipinski definition) is 1. The number of alkyl halides is 3. The van der Waals surface area contributed by atoms with Crippen LogP contribution in [0.2, 0.25) is 0 Å². The summed E-state index contributed by atoms with van der Waals surface area (Å²) in [6.45, 7) is 0. The third kappa shape index (κ3) is 3.33. The lowest BCUT2D eigenvalue weighted by molar-refractivity contribution is -0.137. The molecule has 1 atom stereocenters. The molecule has 0 aliphatic heterocycles. The van der Waals surface area contributed by atoms with Crippen LogP contribution in [0.1, 0.15) is 30.0 Å². The number of hydrogen-bond acceptors (Lipinski definition) is 1. The molecule has 1 aromatic rings. The van der Waals surface area contributed by atoms with Gasteiger partial charge in [-0.15, -0.1) is 12.4 Å². The zero-order valence-corrected chi connectivity index (χ0v) is 9.61. The first kappa shape index (κ1) is 14.3. The average Bonchev–Trinajstić information content (AvgIpc) is 2.97. The van der Waals surface area contributed by atoms with Gasteiger partial charge in [0, 0.05) is 6.04 Å². The molecule has 1 saturated carbocycles. The summed E-state index contributed by atoms with van der Waals surface area (Å²) in [7, 11) is 0. The van der Waals surface area contributed by atoms with E-state index in [1.54, 1.807) is 0 Å². The Morgan fingerprint density at radius 1 is 1.18 bits per heavy atom. The third-order valence-corrected chi connectivity index (χ3v) is 2.76. The molecule has 1 aliphatic carbocycles. The summed E-state index contributed by atoms with van der Waals surface area (Å²) in [6.07, 6.45) is -2.72. The van der Waals surface area contributed by atoms with E-state index in [4.69, 9.17) is 5.73 Å². The lowest BCUT2D eigenvalue weighted by Gasteiger charge is -2.14. The summed E-state index contributed by atoms with van der Waals surface area (Å²) in [5.74, 6) is -0.691. The van der Waals surface area contributed by atoms with E-state index in [2.05, 4.69) is 0 Å². The second-order valence-corrected chi connectivity index (χ2v) is 4.13. The molecule has 0 unspecified atom stereocenters. The Kier molecular flexibility index (Phi) is 4.04. The summed E-state index contributed by atoms with van der Waals surface area (Å²) < 4.78 is 50.3. The van der Waals surface area contributed by atoms with Crippen molar-refractivity contribution in [1.82, 2.24) is 0 Å². The van der Waals surface area contributed by atoms with Crippen LogP contribution in [0.15, 0.2) is 18.2 Å². The Morgan fingerprint density at radius 3 is 2.24 bits per heavy atom. The van der Waals surface area contributed by atoms with Crippen molar-refractivity contribution < 1.29 is 17.6 Å². The fourth-order valence-electron chi connectivity index (χ4n) is 1.70. The van der Waals surface area contributed by atoms with Crippen molar-refractivity contribution in [2.75, 3.05) is 0 Å². The summed E-state index contributed by atoms with van der Waals surface area (Å²) in [4.78, 5) is 0. The quantitative estimate of drug-likeness (QED) is 0.815. The predicted molar refractivity (Wildman–Crippen MR) is 58.3 cm³/mol. The Balaban J connectivity index is 0.00000144. The van der Waals surface area contributed by atoms with Gasteiger partial charge in [-0.3, -0.25) is 0 Å². The molecular weight excluding hydrogens is 258 g/mol. The molecule has 96 valence electrons. The van der Waals surface area contributed by atoms with Gasteiger partial charge in [-0.2, -0.15) is 13.2 Å². The van der Waals surface area contributed by atoms with Crippen LogP contribution >= 0.6 is 12.4 Å². The van der Waals surface area contributed by atoms with Gasteiger partial charge in [0.15, 0.2) is 0 Å². The van der Waals surface area contributed by atoms with Crippen molar-refractivity contribution in [1.29, 1.82) is 0 Å². The fourth-order valence-corrected chi connectivity index (χ4v) is 1.70. The first-order valence-corrected chi connectivity index (χ1v) is 5.01. The van der Waals surface area contributed by atoms with E-state index in [-0.39, 0.29) is 23.9 Å². The second kappa shape index (κ2) is 4.82. The highest BCUT2D eigenvalue weighted by atomic mass is 35.5. The maximum Gasteiger partial charge on any atom is 0.416 e. The van der Waals surface area contributed by atoms with E-state index in [9.17, 15) is 17.6 Å². The van der Waals surface area contributed by atoms with Gasteiger partial charge in [0.05, 0.1) is 5.56 Å². The molecule has 0 bridgehead atoms. The first-order chi connectivity index (χ1) is 7.38. The molecule has 0 amide bonds. The van der Waals surface area contributed by atoms with Gasteiger partial charge in [0.25, 0.3) is 0 Å². The molecule has 0 radical (unpaired) electrons. The monoisotopic (exact) mass is 269 g/mol. The molecule has 0 saturated heterocycles. The highest BCUT2D eigenvalue weighted by Crippen LogP contribution is 2.40. The largest absolute Gasteiger partial charge is 0.416 e. The van der Waals surface area contributed by atoms with E-state index in [0.717, 1.165) is 25.0 Å².